The minimum absolute atomic E-state index is 0.0243. The Balaban J connectivity index is 2.16. The topological polar surface area (TPSA) is 80.0 Å². The van der Waals surface area contributed by atoms with Crippen molar-refractivity contribution in [3.8, 4) is 0 Å². The summed E-state index contributed by atoms with van der Waals surface area (Å²) in [6.45, 7) is 5.46. The molecule has 0 aliphatic rings. The van der Waals surface area contributed by atoms with Gasteiger partial charge in [-0.3, -0.25) is 4.79 Å². The molecule has 0 bridgehead atoms. The van der Waals surface area contributed by atoms with Crippen molar-refractivity contribution in [1.29, 1.82) is 0 Å². The van der Waals surface area contributed by atoms with Gasteiger partial charge in [-0.15, -0.1) is 0 Å². The smallest absolute Gasteiger partial charge is 0.221 e. The fourth-order valence-corrected chi connectivity index (χ4v) is 2.09. The molecule has 1 atom stereocenters. The van der Waals surface area contributed by atoms with Crippen LogP contribution in [-0.2, 0) is 4.79 Å². The summed E-state index contributed by atoms with van der Waals surface area (Å²) in [6.07, 6.45) is 1.78. The van der Waals surface area contributed by atoms with E-state index in [1.165, 1.54) is 6.92 Å². The molecule has 4 N–H and O–H groups in total. The van der Waals surface area contributed by atoms with E-state index in [0.29, 0.717) is 11.5 Å². The molecule has 21 heavy (non-hydrogen) atoms. The van der Waals surface area contributed by atoms with E-state index in [0.717, 1.165) is 16.8 Å². The molecule has 0 fully saturated rings. The lowest BCUT2D eigenvalue weighted by Gasteiger charge is -2.17. The molecule has 2 rings (SSSR count). The number of carbonyl (C=O) groups is 1. The fourth-order valence-electron chi connectivity index (χ4n) is 2.09. The SMILES string of the molecule is CC(=O)Nc1cccc(C(C)Nc2ncc(C)cc2N)c1. The van der Waals surface area contributed by atoms with Crippen LogP contribution in [0.2, 0.25) is 0 Å². The third kappa shape index (κ3) is 3.95. The average Bonchev–Trinajstić information content (AvgIpc) is 2.41. The number of nitrogen functional groups attached to an aromatic ring is 1. The molecule has 110 valence electrons. The van der Waals surface area contributed by atoms with E-state index in [4.69, 9.17) is 5.73 Å². The number of amides is 1. The first-order valence-electron chi connectivity index (χ1n) is 6.82. The number of benzene rings is 1. The molecule has 5 heteroatoms. The van der Waals surface area contributed by atoms with Gasteiger partial charge in [0.2, 0.25) is 5.91 Å². The van der Waals surface area contributed by atoms with Crippen LogP contribution < -0.4 is 16.4 Å². The van der Waals surface area contributed by atoms with Crippen molar-refractivity contribution in [3.05, 3.63) is 47.7 Å². The third-order valence-corrected chi connectivity index (χ3v) is 3.11. The molecule has 1 heterocycles. The minimum Gasteiger partial charge on any atom is -0.396 e. The van der Waals surface area contributed by atoms with Gasteiger partial charge in [-0.2, -0.15) is 0 Å². The second-order valence-electron chi connectivity index (χ2n) is 5.12. The van der Waals surface area contributed by atoms with Gasteiger partial charge < -0.3 is 16.4 Å². The number of hydrogen-bond donors (Lipinski definition) is 3. The Morgan fingerprint density at radius 2 is 2.10 bits per heavy atom. The summed E-state index contributed by atoms with van der Waals surface area (Å²) in [5.41, 5.74) is 9.43. The van der Waals surface area contributed by atoms with Crippen molar-refractivity contribution in [1.82, 2.24) is 4.98 Å². The van der Waals surface area contributed by atoms with Crippen molar-refractivity contribution < 1.29 is 4.79 Å². The zero-order valence-corrected chi connectivity index (χ0v) is 12.5. The van der Waals surface area contributed by atoms with E-state index >= 15 is 0 Å². The summed E-state index contributed by atoms with van der Waals surface area (Å²) in [7, 11) is 0. The van der Waals surface area contributed by atoms with E-state index < -0.39 is 0 Å². The summed E-state index contributed by atoms with van der Waals surface area (Å²) >= 11 is 0. The van der Waals surface area contributed by atoms with Crippen LogP contribution in [0.4, 0.5) is 17.2 Å². The highest BCUT2D eigenvalue weighted by Gasteiger charge is 2.09. The lowest BCUT2D eigenvalue weighted by molar-refractivity contribution is -0.114. The predicted octanol–water partition coefficient (Wildman–Crippen LogP) is 3.10. The lowest BCUT2D eigenvalue weighted by atomic mass is 10.1. The van der Waals surface area contributed by atoms with Gasteiger partial charge in [-0.1, -0.05) is 12.1 Å². The third-order valence-electron chi connectivity index (χ3n) is 3.11. The second kappa shape index (κ2) is 6.26. The monoisotopic (exact) mass is 284 g/mol. The van der Waals surface area contributed by atoms with E-state index in [-0.39, 0.29) is 11.9 Å². The van der Waals surface area contributed by atoms with E-state index in [1.54, 1.807) is 6.20 Å². The molecular formula is C16H20N4O. The van der Waals surface area contributed by atoms with Crippen LogP contribution in [0.3, 0.4) is 0 Å². The zero-order valence-electron chi connectivity index (χ0n) is 12.5. The molecule has 0 saturated heterocycles. The minimum atomic E-state index is -0.0859. The number of nitrogens with one attached hydrogen (secondary N) is 2. The molecule has 1 aromatic carbocycles. The summed E-state index contributed by atoms with van der Waals surface area (Å²) in [5, 5.41) is 6.06. The Morgan fingerprint density at radius 1 is 1.33 bits per heavy atom. The maximum Gasteiger partial charge on any atom is 0.221 e. The molecule has 2 aromatic rings. The lowest BCUT2D eigenvalue weighted by Crippen LogP contribution is -2.11. The van der Waals surface area contributed by atoms with Gasteiger partial charge in [0.15, 0.2) is 0 Å². The Bertz CT molecular complexity index is 654. The van der Waals surface area contributed by atoms with Gasteiger partial charge in [-0.05, 0) is 43.2 Å². The van der Waals surface area contributed by atoms with Crippen molar-refractivity contribution in [3.63, 3.8) is 0 Å². The fraction of sp³-hybridized carbons (Fsp3) is 0.250. The van der Waals surface area contributed by atoms with Crippen LogP contribution in [0.5, 0.6) is 0 Å². The highest BCUT2D eigenvalue weighted by molar-refractivity contribution is 5.88. The standard InChI is InChI=1S/C16H20N4O/c1-10-7-15(17)16(18-9-10)19-11(2)13-5-4-6-14(8-13)20-12(3)21/h4-9,11H,17H2,1-3H3,(H,18,19)(H,20,21). The molecule has 0 spiro atoms. The number of aromatic nitrogens is 1. The number of pyridine rings is 1. The number of nitrogens with two attached hydrogens (primary N) is 1. The zero-order chi connectivity index (χ0) is 15.4. The molecular weight excluding hydrogens is 264 g/mol. The highest BCUT2D eigenvalue weighted by Crippen LogP contribution is 2.24. The molecule has 1 unspecified atom stereocenters. The number of carbonyl (C=O) groups excluding carboxylic acids is 1. The largest absolute Gasteiger partial charge is 0.396 e. The van der Waals surface area contributed by atoms with Crippen molar-refractivity contribution in [2.75, 3.05) is 16.4 Å². The number of anilines is 3. The number of nitrogens with zero attached hydrogens (tertiary/aromatic N) is 1. The Hall–Kier alpha value is -2.56. The maximum absolute atomic E-state index is 11.1. The summed E-state index contributed by atoms with van der Waals surface area (Å²) in [5.74, 6) is 0.579. The Morgan fingerprint density at radius 3 is 2.76 bits per heavy atom. The number of rotatable bonds is 4. The normalized spacial score (nSPS) is 11.8. The van der Waals surface area contributed by atoms with Crippen LogP contribution in [0, 0.1) is 6.92 Å². The van der Waals surface area contributed by atoms with Crippen molar-refractivity contribution in [2.45, 2.75) is 26.8 Å². The molecule has 0 radical (unpaired) electrons. The highest BCUT2D eigenvalue weighted by atomic mass is 16.1. The van der Waals surface area contributed by atoms with Crippen molar-refractivity contribution >= 4 is 23.1 Å². The van der Waals surface area contributed by atoms with Crippen molar-refractivity contribution in [2.24, 2.45) is 0 Å². The second-order valence-corrected chi connectivity index (χ2v) is 5.12. The maximum atomic E-state index is 11.1. The van der Waals surface area contributed by atoms with Gasteiger partial charge in [-0.25, -0.2) is 4.98 Å². The summed E-state index contributed by atoms with van der Waals surface area (Å²) in [4.78, 5) is 15.4. The van der Waals surface area contributed by atoms with E-state index in [9.17, 15) is 4.79 Å². The van der Waals surface area contributed by atoms with Crippen LogP contribution in [-0.4, -0.2) is 10.9 Å². The molecule has 1 aromatic heterocycles. The summed E-state index contributed by atoms with van der Waals surface area (Å²) in [6, 6.07) is 9.60. The quantitative estimate of drug-likeness (QED) is 0.806. The first-order valence-corrected chi connectivity index (χ1v) is 6.82. The van der Waals surface area contributed by atoms with Gasteiger partial charge in [0.1, 0.15) is 5.82 Å². The predicted molar refractivity (Wildman–Crippen MR) is 86.2 cm³/mol. The molecule has 0 aliphatic carbocycles. The van der Waals surface area contributed by atoms with Crippen LogP contribution in [0.1, 0.15) is 31.0 Å². The molecule has 0 aliphatic heterocycles. The Kier molecular flexibility index (Phi) is 4.42. The van der Waals surface area contributed by atoms with Gasteiger partial charge in [0, 0.05) is 18.8 Å². The molecule has 5 nitrogen and oxygen atoms in total. The van der Waals surface area contributed by atoms with Gasteiger partial charge in [0.25, 0.3) is 0 Å². The molecule has 0 saturated carbocycles. The molecule has 1 amide bonds. The average molecular weight is 284 g/mol. The first kappa shape index (κ1) is 14.8. The number of hydrogen-bond acceptors (Lipinski definition) is 4. The van der Waals surface area contributed by atoms with Gasteiger partial charge in [0.05, 0.1) is 11.7 Å². The number of aryl methyl sites for hydroxylation is 1. The van der Waals surface area contributed by atoms with E-state index in [2.05, 4.69) is 15.6 Å². The van der Waals surface area contributed by atoms with Crippen LogP contribution >= 0.6 is 0 Å². The van der Waals surface area contributed by atoms with Crippen LogP contribution in [0.15, 0.2) is 36.5 Å². The summed E-state index contributed by atoms with van der Waals surface area (Å²) < 4.78 is 0. The Labute approximate surface area is 124 Å². The first-order chi connectivity index (χ1) is 9.95. The van der Waals surface area contributed by atoms with E-state index in [1.807, 2.05) is 44.2 Å². The van der Waals surface area contributed by atoms with Gasteiger partial charge >= 0.3 is 0 Å². The van der Waals surface area contributed by atoms with Crippen LogP contribution in [0.25, 0.3) is 0 Å².